The van der Waals surface area contributed by atoms with Crippen LogP contribution in [-0.2, 0) is 14.8 Å². The molecule has 1 amide bonds. The van der Waals surface area contributed by atoms with E-state index in [1.54, 1.807) is 48.5 Å². The summed E-state index contributed by atoms with van der Waals surface area (Å²) in [6.45, 7) is 2.11. The quantitative estimate of drug-likeness (QED) is 0.296. The zero-order valence-corrected chi connectivity index (χ0v) is 22.8. The molecule has 0 spiro atoms. The summed E-state index contributed by atoms with van der Waals surface area (Å²) in [4.78, 5) is 13.0. The molecule has 1 aliphatic carbocycles. The van der Waals surface area contributed by atoms with Crippen LogP contribution in [0, 0.1) is 6.92 Å². The lowest BCUT2D eigenvalue weighted by atomic mass is 10.0. The van der Waals surface area contributed by atoms with Crippen molar-refractivity contribution in [1.82, 2.24) is 5.32 Å². The standard InChI is InChI=1S/C29H34N2O4S2/c1-23-12-18-28(19-13-23)37(33,34)31(22-29(32)30-20-21-36-27-10-6-3-7-11-27)24-14-16-26(17-15-24)35-25-8-4-2-5-9-25/h2,4-5,8-9,12-19,27H,3,6-7,10-11,20-22H2,1H3,(H,30,32). The van der Waals surface area contributed by atoms with Gasteiger partial charge in [0.2, 0.25) is 5.91 Å². The molecule has 1 aliphatic rings. The van der Waals surface area contributed by atoms with Crippen LogP contribution in [0.2, 0.25) is 0 Å². The van der Waals surface area contributed by atoms with Crippen LogP contribution in [0.1, 0.15) is 37.7 Å². The number of anilines is 1. The summed E-state index contributed by atoms with van der Waals surface area (Å²) in [6.07, 6.45) is 6.37. The number of nitrogens with one attached hydrogen (secondary N) is 1. The predicted octanol–water partition coefficient (Wildman–Crippen LogP) is 6.16. The smallest absolute Gasteiger partial charge is 0.264 e. The van der Waals surface area contributed by atoms with Gasteiger partial charge in [0.25, 0.3) is 10.0 Å². The molecular formula is C29H34N2O4S2. The number of hydrogen-bond acceptors (Lipinski definition) is 5. The van der Waals surface area contributed by atoms with Crippen molar-refractivity contribution in [2.45, 2.75) is 49.2 Å². The normalized spacial score (nSPS) is 14.2. The monoisotopic (exact) mass is 538 g/mol. The topological polar surface area (TPSA) is 75.7 Å². The number of amides is 1. The molecule has 3 aromatic rings. The van der Waals surface area contributed by atoms with E-state index in [-0.39, 0.29) is 17.3 Å². The van der Waals surface area contributed by atoms with E-state index >= 15 is 0 Å². The van der Waals surface area contributed by atoms with Gasteiger partial charge in [-0.15, -0.1) is 0 Å². The lowest BCUT2D eigenvalue weighted by Crippen LogP contribution is -2.41. The van der Waals surface area contributed by atoms with Gasteiger partial charge in [0.1, 0.15) is 18.0 Å². The highest BCUT2D eigenvalue weighted by Gasteiger charge is 2.27. The van der Waals surface area contributed by atoms with E-state index in [4.69, 9.17) is 4.74 Å². The second-order valence-corrected chi connectivity index (χ2v) is 12.5. The maximum absolute atomic E-state index is 13.6. The average molecular weight is 539 g/mol. The Hall–Kier alpha value is -2.97. The van der Waals surface area contributed by atoms with Crippen molar-refractivity contribution >= 4 is 33.4 Å². The number of sulfonamides is 1. The number of carbonyl (C=O) groups is 1. The summed E-state index contributed by atoms with van der Waals surface area (Å²) < 4.78 is 34.2. The third-order valence-electron chi connectivity index (χ3n) is 6.33. The highest BCUT2D eigenvalue weighted by Crippen LogP contribution is 2.29. The molecule has 196 valence electrons. The van der Waals surface area contributed by atoms with Gasteiger partial charge in [-0.3, -0.25) is 9.10 Å². The molecule has 1 saturated carbocycles. The van der Waals surface area contributed by atoms with Crippen LogP contribution in [0.15, 0.2) is 83.8 Å². The van der Waals surface area contributed by atoms with Gasteiger partial charge in [-0.1, -0.05) is 55.2 Å². The average Bonchev–Trinajstić information content (AvgIpc) is 2.92. The number of thioether (sulfide) groups is 1. The molecular weight excluding hydrogens is 504 g/mol. The van der Waals surface area contributed by atoms with E-state index in [0.717, 1.165) is 15.6 Å². The molecule has 37 heavy (non-hydrogen) atoms. The van der Waals surface area contributed by atoms with Gasteiger partial charge < -0.3 is 10.1 Å². The van der Waals surface area contributed by atoms with E-state index in [9.17, 15) is 13.2 Å². The first-order chi connectivity index (χ1) is 17.9. The zero-order chi connectivity index (χ0) is 26.1. The first-order valence-electron chi connectivity index (χ1n) is 12.7. The molecule has 0 aliphatic heterocycles. The maximum atomic E-state index is 13.6. The van der Waals surface area contributed by atoms with Gasteiger partial charge >= 0.3 is 0 Å². The third-order valence-corrected chi connectivity index (χ3v) is 9.50. The van der Waals surface area contributed by atoms with Gasteiger partial charge in [0.05, 0.1) is 10.6 Å². The Bertz CT molecular complexity index is 1240. The first kappa shape index (κ1) is 27.1. The first-order valence-corrected chi connectivity index (χ1v) is 15.2. The Morgan fingerprint density at radius 3 is 2.24 bits per heavy atom. The molecule has 0 atom stereocenters. The van der Waals surface area contributed by atoms with E-state index in [1.165, 1.54) is 32.1 Å². The predicted molar refractivity (Wildman–Crippen MR) is 151 cm³/mol. The van der Waals surface area contributed by atoms with Crippen molar-refractivity contribution in [3.63, 3.8) is 0 Å². The van der Waals surface area contributed by atoms with Crippen molar-refractivity contribution in [3.05, 3.63) is 84.4 Å². The number of ether oxygens (including phenoxy) is 1. The number of aryl methyl sites for hydroxylation is 1. The minimum absolute atomic E-state index is 0.142. The fourth-order valence-corrected chi connectivity index (χ4v) is 6.93. The fraction of sp³-hybridized carbons (Fsp3) is 0.345. The van der Waals surface area contributed by atoms with E-state index < -0.39 is 10.0 Å². The molecule has 4 rings (SSSR count). The lowest BCUT2D eigenvalue weighted by molar-refractivity contribution is -0.119. The Kier molecular flexibility index (Phi) is 9.52. The second kappa shape index (κ2) is 13.0. The van der Waals surface area contributed by atoms with Crippen molar-refractivity contribution in [1.29, 1.82) is 0 Å². The highest BCUT2D eigenvalue weighted by molar-refractivity contribution is 7.99. The van der Waals surface area contributed by atoms with Gasteiger partial charge in [-0.25, -0.2) is 8.42 Å². The minimum atomic E-state index is -3.96. The van der Waals surface area contributed by atoms with Crippen molar-refractivity contribution in [3.8, 4) is 11.5 Å². The molecule has 3 aromatic carbocycles. The highest BCUT2D eigenvalue weighted by atomic mass is 32.2. The van der Waals surface area contributed by atoms with Crippen LogP contribution >= 0.6 is 11.8 Å². The van der Waals surface area contributed by atoms with Crippen LogP contribution < -0.4 is 14.4 Å². The number of hydrogen-bond donors (Lipinski definition) is 1. The van der Waals surface area contributed by atoms with Crippen molar-refractivity contribution in [2.75, 3.05) is 23.1 Å². The Morgan fingerprint density at radius 1 is 0.919 bits per heavy atom. The molecule has 0 saturated heterocycles. The van der Waals surface area contributed by atoms with Gasteiger partial charge in [-0.2, -0.15) is 11.8 Å². The summed E-state index contributed by atoms with van der Waals surface area (Å²) in [5, 5.41) is 3.58. The molecule has 0 bridgehead atoms. The Morgan fingerprint density at radius 2 is 1.57 bits per heavy atom. The summed E-state index contributed by atoms with van der Waals surface area (Å²) in [7, 11) is -3.96. The summed E-state index contributed by atoms with van der Waals surface area (Å²) in [5.41, 5.74) is 1.36. The fourth-order valence-electron chi connectivity index (χ4n) is 4.29. The molecule has 6 nitrogen and oxygen atoms in total. The van der Waals surface area contributed by atoms with Crippen LogP contribution in [0.5, 0.6) is 11.5 Å². The number of benzene rings is 3. The summed E-state index contributed by atoms with van der Waals surface area (Å²) >= 11 is 1.90. The summed E-state index contributed by atoms with van der Waals surface area (Å²) in [6, 6.07) is 22.8. The number of nitrogens with zero attached hydrogens (tertiary/aromatic N) is 1. The lowest BCUT2D eigenvalue weighted by Gasteiger charge is -2.24. The molecule has 0 aromatic heterocycles. The molecule has 0 unspecified atom stereocenters. The van der Waals surface area contributed by atoms with Crippen LogP contribution in [0.25, 0.3) is 0 Å². The van der Waals surface area contributed by atoms with Crippen LogP contribution in [-0.4, -0.2) is 38.4 Å². The number of para-hydroxylation sites is 1. The zero-order valence-electron chi connectivity index (χ0n) is 21.1. The number of carbonyl (C=O) groups excluding carboxylic acids is 1. The van der Waals surface area contributed by atoms with Crippen molar-refractivity contribution < 1.29 is 17.9 Å². The molecule has 0 radical (unpaired) electrons. The van der Waals surface area contributed by atoms with Gasteiger partial charge in [0, 0.05) is 17.5 Å². The maximum Gasteiger partial charge on any atom is 0.264 e. The third kappa shape index (κ3) is 7.76. The SMILES string of the molecule is Cc1ccc(S(=O)(=O)N(CC(=O)NCCSC2CCCCC2)c2ccc(Oc3ccccc3)cc2)cc1. The van der Waals surface area contributed by atoms with Crippen molar-refractivity contribution in [2.24, 2.45) is 0 Å². The number of rotatable bonds is 11. The van der Waals surface area contributed by atoms with Gasteiger partial charge in [0.15, 0.2) is 0 Å². The second-order valence-electron chi connectivity index (χ2n) is 9.21. The van der Waals surface area contributed by atoms with Gasteiger partial charge in [-0.05, 0) is 68.3 Å². The van der Waals surface area contributed by atoms with Crippen LogP contribution in [0.3, 0.4) is 0 Å². The molecule has 8 heteroatoms. The van der Waals surface area contributed by atoms with E-state index in [1.807, 2.05) is 49.0 Å². The Labute approximate surface area is 224 Å². The molecule has 1 N–H and O–H groups in total. The molecule has 0 heterocycles. The van der Waals surface area contributed by atoms with E-state index in [2.05, 4.69) is 5.32 Å². The minimum Gasteiger partial charge on any atom is -0.457 e. The van der Waals surface area contributed by atoms with Crippen LogP contribution in [0.4, 0.5) is 5.69 Å². The largest absolute Gasteiger partial charge is 0.457 e. The molecule has 1 fully saturated rings. The summed E-state index contributed by atoms with van der Waals surface area (Å²) in [5.74, 6) is 1.76. The van der Waals surface area contributed by atoms with E-state index in [0.29, 0.717) is 29.0 Å². The Balaban J connectivity index is 1.46.